The predicted octanol–water partition coefficient (Wildman–Crippen LogP) is 3.93. The summed E-state index contributed by atoms with van der Waals surface area (Å²) in [5.74, 6) is -2.64. The zero-order valence-electron chi connectivity index (χ0n) is 15.8. The summed E-state index contributed by atoms with van der Waals surface area (Å²) in [5.41, 5.74) is 6.63. The van der Waals surface area contributed by atoms with E-state index in [9.17, 15) is 23.7 Å². The minimum absolute atomic E-state index is 0.0716. The first-order valence-corrected chi connectivity index (χ1v) is 8.80. The molecular formula is C21H15F2N3O5. The van der Waals surface area contributed by atoms with Gasteiger partial charge in [-0.3, -0.25) is 10.1 Å². The van der Waals surface area contributed by atoms with Crippen LogP contribution in [0.5, 0.6) is 5.75 Å². The van der Waals surface area contributed by atoms with E-state index in [2.05, 4.69) is 5.16 Å². The third-order valence-electron chi connectivity index (χ3n) is 4.05. The first-order chi connectivity index (χ1) is 14.8. The Morgan fingerprint density at radius 2 is 1.77 bits per heavy atom. The molecule has 3 aromatic rings. The number of nitrogens with two attached hydrogens (primary N) is 1. The second-order valence-corrected chi connectivity index (χ2v) is 6.22. The van der Waals surface area contributed by atoms with Crippen molar-refractivity contribution in [2.24, 2.45) is 10.9 Å². The van der Waals surface area contributed by atoms with Crippen molar-refractivity contribution < 1.29 is 28.1 Å². The van der Waals surface area contributed by atoms with Crippen LogP contribution in [0.1, 0.15) is 21.5 Å². The highest BCUT2D eigenvalue weighted by atomic mass is 19.1. The van der Waals surface area contributed by atoms with Crippen molar-refractivity contribution >= 4 is 17.5 Å². The Bertz CT molecular complexity index is 1150. The third-order valence-corrected chi connectivity index (χ3v) is 4.05. The molecule has 0 unspecified atom stereocenters. The lowest BCUT2D eigenvalue weighted by Crippen LogP contribution is -2.15. The Labute approximate surface area is 174 Å². The smallest absolute Gasteiger partial charge is 0.365 e. The highest BCUT2D eigenvalue weighted by molar-refractivity contribution is 5.98. The number of nitro benzene ring substituents is 1. The third kappa shape index (κ3) is 5.60. The maximum atomic E-state index is 13.6. The van der Waals surface area contributed by atoms with E-state index in [1.165, 1.54) is 42.5 Å². The summed E-state index contributed by atoms with van der Waals surface area (Å²) >= 11 is 0. The van der Waals surface area contributed by atoms with Crippen molar-refractivity contribution in [3.63, 3.8) is 0 Å². The number of carbonyl (C=O) groups is 1. The molecular weight excluding hydrogens is 412 g/mol. The zero-order chi connectivity index (χ0) is 22.4. The van der Waals surface area contributed by atoms with Crippen molar-refractivity contribution in [1.82, 2.24) is 0 Å². The van der Waals surface area contributed by atoms with Crippen LogP contribution in [0.2, 0.25) is 0 Å². The van der Waals surface area contributed by atoms with E-state index in [1.807, 2.05) is 0 Å². The largest absolute Gasteiger partial charge is 0.486 e. The van der Waals surface area contributed by atoms with Crippen molar-refractivity contribution in [2.45, 2.75) is 6.61 Å². The Morgan fingerprint density at radius 3 is 2.45 bits per heavy atom. The van der Waals surface area contributed by atoms with E-state index < -0.39 is 22.5 Å². The molecule has 158 valence electrons. The molecule has 0 fully saturated rings. The number of carbonyl (C=O) groups excluding carboxylic acids is 1. The number of halogens is 2. The van der Waals surface area contributed by atoms with Gasteiger partial charge in [-0.2, -0.15) is 0 Å². The fourth-order valence-corrected chi connectivity index (χ4v) is 2.49. The predicted molar refractivity (Wildman–Crippen MR) is 106 cm³/mol. The fourth-order valence-electron chi connectivity index (χ4n) is 2.49. The SMILES string of the molecule is N/C(=N\OC(=O)c1cccc(COc2ccc(F)cc2F)c1)c1ccc([N+](=O)[O-])cc1. The highest BCUT2D eigenvalue weighted by Gasteiger charge is 2.11. The Balaban J connectivity index is 1.64. The molecule has 0 bridgehead atoms. The van der Waals surface area contributed by atoms with Crippen molar-refractivity contribution in [2.75, 3.05) is 0 Å². The number of non-ortho nitro benzene ring substituents is 1. The van der Waals surface area contributed by atoms with Gasteiger partial charge >= 0.3 is 5.97 Å². The average Bonchev–Trinajstić information content (AvgIpc) is 2.77. The average molecular weight is 427 g/mol. The normalized spacial score (nSPS) is 11.1. The van der Waals surface area contributed by atoms with Crippen molar-refractivity contribution in [3.05, 3.63) is 105 Å². The molecule has 0 amide bonds. The van der Waals surface area contributed by atoms with Crippen LogP contribution in [0.3, 0.4) is 0 Å². The minimum Gasteiger partial charge on any atom is -0.486 e. The van der Waals surface area contributed by atoms with Crippen LogP contribution in [-0.4, -0.2) is 16.7 Å². The molecule has 0 radical (unpaired) electrons. The lowest BCUT2D eigenvalue weighted by Gasteiger charge is -2.08. The van der Waals surface area contributed by atoms with E-state index in [1.54, 1.807) is 12.1 Å². The van der Waals surface area contributed by atoms with Crippen LogP contribution in [0.4, 0.5) is 14.5 Å². The molecule has 0 saturated carbocycles. The first-order valence-electron chi connectivity index (χ1n) is 8.80. The van der Waals surface area contributed by atoms with Crippen molar-refractivity contribution in [3.8, 4) is 5.75 Å². The molecule has 10 heteroatoms. The molecule has 8 nitrogen and oxygen atoms in total. The molecule has 31 heavy (non-hydrogen) atoms. The summed E-state index contributed by atoms with van der Waals surface area (Å²) in [4.78, 5) is 27.2. The van der Waals surface area contributed by atoms with Gasteiger partial charge in [0.1, 0.15) is 12.4 Å². The summed E-state index contributed by atoms with van der Waals surface area (Å²) in [7, 11) is 0. The molecule has 0 aliphatic rings. The van der Waals surface area contributed by atoms with Crippen LogP contribution < -0.4 is 10.5 Å². The maximum absolute atomic E-state index is 13.6. The standard InChI is InChI=1S/C21H15F2N3O5/c22-16-6-9-19(18(23)11-16)30-12-13-2-1-3-15(10-13)21(27)31-25-20(24)14-4-7-17(8-5-14)26(28)29/h1-11H,12H2,(H2,24,25). The van der Waals surface area contributed by atoms with E-state index in [0.29, 0.717) is 17.2 Å². The van der Waals surface area contributed by atoms with Crippen LogP contribution in [0.15, 0.2) is 71.9 Å². The zero-order valence-corrected chi connectivity index (χ0v) is 15.8. The monoisotopic (exact) mass is 427 g/mol. The highest BCUT2D eigenvalue weighted by Crippen LogP contribution is 2.19. The molecule has 0 saturated heterocycles. The van der Waals surface area contributed by atoms with Gasteiger partial charge in [-0.15, -0.1) is 0 Å². The number of hydrogen-bond donors (Lipinski definition) is 1. The summed E-state index contributed by atoms with van der Waals surface area (Å²) in [6, 6.07) is 14.3. The molecule has 3 aromatic carbocycles. The molecule has 0 atom stereocenters. The molecule has 0 aliphatic carbocycles. The van der Waals surface area contributed by atoms with E-state index in [0.717, 1.165) is 6.07 Å². The molecule has 0 heterocycles. The summed E-state index contributed by atoms with van der Waals surface area (Å²) < 4.78 is 31.9. The summed E-state index contributed by atoms with van der Waals surface area (Å²) in [6.45, 7) is -0.0716. The number of amidine groups is 1. The van der Waals surface area contributed by atoms with Gasteiger partial charge in [0.05, 0.1) is 10.5 Å². The van der Waals surface area contributed by atoms with Gasteiger partial charge < -0.3 is 15.3 Å². The Morgan fingerprint density at radius 1 is 1.03 bits per heavy atom. The number of ether oxygens (including phenoxy) is 1. The van der Waals surface area contributed by atoms with E-state index >= 15 is 0 Å². The number of rotatable bonds is 7. The van der Waals surface area contributed by atoms with Gasteiger partial charge in [0.25, 0.3) is 5.69 Å². The van der Waals surface area contributed by atoms with E-state index in [4.69, 9.17) is 15.3 Å². The first kappa shape index (κ1) is 21.4. The number of nitro groups is 1. The molecule has 2 N–H and O–H groups in total. The van der Waals surface area contributed by atoms with Gasteiger partial charge in [-0.1, -0.05) is 17.3 Å². The second kappa shape index (κ2) is 9.44. The van der Waals surface area contributed by atoms with Crippen molar-refractivity contribution in [1.29, 1.82) is 0 Å². The van der Waals surface area contributed by atoms with Gasteiger partial charge in [0, 0.05) is 23.8 Å². The fraction of sp³-hybridized carbons (Fsp3) is 0.0476. The van der Waals surface area contributed by atoms with Gasteiger partial charge in [0.15, 0.2) is 17.4 Å². The van der Waals surface area contributed by atoms with Crippen LogP contribution in [-0.2, 0) is 11.4 Å². The molecule has 3 rings (SSSR count). The second-order valence-electron chi connectivity index (χ2n) is 6.22. The van der Waals surface area contributed by atoms with Gasteiger partial charge in [0.2, 0.25) is 0 Å². The lowest BCUT2D eigenvalue weighted by atomic mass is 10.1. The Kier molecular flexibility index (Phi) is 6.51. The van der Waals surface area contributed by atoms with Crippen LogP contribution in [0, 0.1) is 21.7 Å². The molecule has 0 aliphatic heterocycles. The summed E-state index contributed by atoms with van der Waals surface area (Å²) in [5, 5.41) is 14.2. The molecule has 0 spiro atoms. The maximum Gasteiger partial charge on any atom is 0.365 e. The Hall–Kier alpha value is -4.34. The summed E-state index contributed by atoms with van der Waals surface area (Å²) in [6.07, 6.45) is 0. The number of nitrogens with zero attached hydrogens (tertiary/aromatic N) is 2. The van der Waals surface area contributed by atoms with Gasteiger partial charge in [-0.25, -0.2) is 13.6 Å². The van der Waals surface area contributed by atoms with Crippen LogP contribution in [0.25, 0.3) is 0 Å². The van der Waals surface area contributed by atoms with Crippen LogP contribution >= 0.6 is 0 Å². The number of oxime groups is 1. The molecule has 0 aromatic heterocycles. The quantitative estimate of drug-likeness (QED) is 0.201. The number of hydrogen-bond acceptors (Lipinski definition) is 6. The lowest BCUT2D eigenvalue weighted by molar-refractivity contribution is -0.384. The van der Waals surface area contributed by atoms with Gasteiger partial charge in [-0.05, 0) is 42.0 Å². The minimum atomic E-state index is -0.841. The van der Waals surface area contributed by atoms with E-state index in [-0.39, 0.29) is 29.4 Å². The topological polar surface area (TPSA) is 117 Å². The number of benzene rings is 3.